The number of likely N-dealkylation sites (N-methyl/N-ethyl adjacent to an activating group) is 1. The number of aliphatic carboxylic acids is 2. The second kappa shape index (κ2) is 13.1. The van der Waals surface area contributed by atoms with Crippen molar-refractivity contribution < 1.29 is 19.8 Å². The Bertz CT molecular complexity index is 1250. The number of carboxylic acids is 2. The van der Waals surface area contributed by atoms with Gasteiger partial charge in [-0.2, -0.15) is 0 Å². The summed E-state index contributed by atoms with van der Waals surface area (Å²) >= 11 is 12.2. The molecule has 0 aliphatic rings. The SMILES string of the molecule is CCN(CC)C(C)Cn1cc(-c2ccc(Cl)cc2)c2ccc(Cl)cc2c1=O.O=C(O)/C=C\C(=O)O. The molecule has 2 aromatic carbocycles. The van der Waals surface area contributed by atoms with Crippen molar-refractivity contribution in [3.8, 4) is 11.1 Å². The predicted octanol–water partition coefficient (Wildman–Crippen LogP) is 5.42. The van der Waals surface area contributed by atoms with Crippen molar-refractivity contribution >= 4 is 45.9 Å². The van der Waals surface area contributed by atoms with Gasteiger partial charge < -0.3 is 14.8 Å². The molecular formula is C26H28Cl2N2O5. The number of aromatic nitrogens is 1. The number of halogens is 2. The van der Waals surface area contributed by atoms with Crippen LogP contribution in [-0.2, 0) is 16.1 Å². The van der Waals surface area contributed by atoms with Crippen molar-refractivity contribution in [2.75, 3.05) is 13.1 Å². The van der Waals surface area contributed by atoms with E-state index in [9.17, 15) is 14.4 Å². The number of fused-ring (bicyclic) bond motifs is 1. The fraction of sp³-hybridized carbons (Fsp3) is 0.269. The lowest BCUT2D eigenvalue weighted by molar-refractivity contribution is -0.134. The molecule has 9 heteroatoms. The van der Waals surface area contributed by atoms with Gasteiger partial charge in [-0.1, -0.05) is 55.2 Å². The first kappa shape index (κ1) is 28.1. The lowest BCUT2D eigenvalue weighted by atomic mass is 10.0. The molecule has 3 aromatic rings. The topological polar surface area (TPSA) is 99.8 Å². The Morgan fingerprint density at radius 1 is 0.943 bits per heavy atom. The Balaban J connectivity index is 0.000000466. The second-order valence-corrected chi connectivity index (χ2v) is 8.65. The summed E-state index contributed by atoms with van der Waals surface area (Å²) in [5.74, 6) is -2.51. The Morgan fingerprint density at radius 3 is 2.00 bits per heavy atom. The van der Waals surface area contributed by atoms with E-state index in [1.54, 1.807) is 6.07 Å². The highest BCUT2D eigenvalue weighted by Crippen LogP contribution is 2.29. The Kier molecular flexibility index (Phi) is 10.5. The zero-order valence-electron chi connectivity index (χ0n) is 19.7. The van der Waals surface area contributed by atoms with Crippen LogP contribution in [-0.4, -0.2) is 50.8 Å². The van der Waals surface area contributed by atoms with Crippen molar-refractivity contribution in [2.45, 2.75) is 33.4 Å². The van der Waals surface area contributed by atoms with Crippen LogP contribution in [0.15, 0.2) is 65.6 Å². The van der Waals surface area contributed by atoms with Crippen LogP contribution in [0.2, 0.25) is 10.0 Å². The third kappa shape index (κ3) is 7.96. The normalized spacial score (nSPS) is 11.9. The quantitative estimate of drug-likeness (QED) is 0.386. The molecule has 0 fully saturated rings. The number of rotatable bonds is 8. The molecule has 0 saturated heterocycles. The molecule has 186 valence electrons. The van der Waals surface area contributed by atoms with E-state index < -0.39 is 11.9 Å². The van der Waals surface area contributed by atoms with E-state index >= 15 is 0 Å². The average Bonchev–Trinajstić information content (AvgIpc) is 2.81. The van der Waals surface area contributed by atoms with Crippen LogP contribution in [0.5, 0.6) is 0 Å². The van der Waals surface area contributed by atoms with Gasteiger partial charge in [-0.15, -0.1) is 0 Å². The molecule has 0 radical (unpaired) electrons. The van der Waals surface area contributed by atoms with Crippen LogP contribution >= 0.6 is 23.2 Å². The van der Waals surface area contributed by atoms with E-state index in [-0.39, 0.29) is 11.6 Å². The smallest absolute Gasteiger partial charge is 0.328 e. The third-order valence-corrected chi connectivity index (χ3v) is 5.96. The Hall–Kier alpha value is -3.13. The Labute approximate surface area is 213 Å². The molecule has 0 bridgehead atoms. The summed E-state index contributed by atoms with van der Waals surface area (Å²) in [4.78, 5) is 34.6. The van der Waals surface area contributed by atoms with Gasteiger partial charge in [-0.3, -0.25) is 9.69 Å². The minimum atomic E-state index is -1.26. The monoisotopic (exact) mass is 518 g/mol. The number of carbonyl (C=O) groups is 2. The van der Waals surface area contributed by atoms with Crippen LogP contribution in [0, 0.1) is 0 Å². The van der Waals surface area contributed by atoms with Crippen molar-refractivity contribution in [2.24, 2.45) is 0 Å². The molecule has 2 N–H and O–H groups in total. The molecule has 1 heterocycles. The van der Waals surface area contributed by atoms with Crippen molar-refractivity contribution in [1.29, 1.82) is 0 Å². The van der Waals surface area contributed by atoms with Crippen LogP contribution in [0.4, 0.5) is 0 Å². The maximum atomic E-state index is 13.1. The zero-order valence-corrected chi connectivity index (χ0v) is 21.3. The highest BCUT2D eigenvalue weighted by molar-refractivity contribution is 6.31. The largest absolute Gasteiger partial charge is 0.478 e. The number of nitrogens with zero attached hydrogens (tertiary/aromatic N) is 2. The molecule has 0 amide bonds. The molecule has 1 atom stereocenters. The van der Waals surface area contributed by atoms with Gasteiger partial charge in [-0.05, 0) is 55.2 Å². The molecule has 1 aromatic heterocycles. The lowest BCUT2D eigenvalue weighted by Gasteiger charge is -2.27. The highest BCUT2D eigenvalue weighted by atomic mass is 35.5. The van der Waals surface area contributed by atoms with Crippen molar-refractivity contribution in [3.05, 3.63) is 81.2 Å². The zero-order chi connectivity index (χ0) is 26.1. The van der Waals surface area contributed by atoms with Gasteiger partial charge in [0.1, 0.15) is 0 Å². The van der Waals surface area contributed by atoms with Gasteiger partial charge in [0, 0.05) is 51.9 Å². The molecule has 0 saturated carbocycles. The summed E-state index contributed by atoms with van der Waals surface area (Å²) in [6.45, 7) is 8.98. The first-order valence-corrected chi connectivity index (χ1v) is 11.8. The van der Waals surface area contributed by atoms with Crippen LogP contribution in [0.25, 0.3) is 21.9 Å². The van der Waals surface area contributed by atoms with Crippen molar-refractivity contribution in [1.82, 2.24) is 9.47 Å². The maximum Gasteiger partial charge on any atom is 0.328 e. The van der Waals surface area contributed by atoms with E-state index in [4.69, 9.17) is 33.4 Å². The third-order valence-electron chi connectivity index (χ3n) is 5.47. The number of pyridine rings is 1. The molecule has 0 aliphatic carbocycles. The average molecular weight is 519 g/mol. The fourth-order valence-electron chi connectivity index (χ4n) is 3.75. The first-order valence-electron chi connectivity index (χ1n) is 11.0. The summed E-state index contributed by atoms with van der Waals surface area (Å²) in [5.41, 5.74) is 2.02. The van der Waals surface area contributed by atoms with E-state index in [1.165, 1.54) is 0 Å². The number of hydrogen-bond donors (Lipinski definition) is 2. The molecule has 1 unspecified atom stereocenters. The molecular weight excluding hydrogens is 491 g/mol. The second-order valence-electron chi connectivity index (χ2n) is 7.78. The summed E-state index contributed by atoms with van der Waals surface area (Å²) in [5, 5.41) is 18.4. The van der Waals surface area contributed by atoms with Gasteiger partial charge in [0.25, 0.3) is 5.56 Å². The highest BCUT2D eigenvalue weighted by Gasteiger charge is 2.15. The van der Waals surface area contributed by atoms with Crippen molar-refractivity contribution in [3.63, 3.8) is 0 Å². The van der Waals surface area contributed by atoms with Gasteiger partial charge in [0.05, 0.1) is 0 Å². The van der Waals surface area contributed by atoms with Gasteiger partial charge >= 0.3 is 11.9 Å². The van der Waals surface area contributed by atoms with Gasteiger partial charge in [0.15, 0.2) is 0 Å². The van der Waals surface area contributed by atoms with E-state index in [0.717, 1.165) is 29.6 Å². The summed E-state index contributed by atoms with van der Waals surface area (Å²) in [6, 6.07) is 13.5. The first-order chi connectivity index (χ1) is 16.6. The standard InChI is InChI=1S/C22H24Cl2N2O.C4H4O4/c1-4-25(5-2)15(3)13-26-14-21(16-6-8-17(23)9-7-16)19-11-10-18(24)12-20(19)22(26)27;5-3(6)1-2-4(7)8/h6-12,14-15H,4-5,13H2,1-3H3;1-2H,(H,5,6)(H,7,8)/b;2-1-. The van der Waals surface area contributed by atoms with Gasteiger partial charge in [-0.25, -0.2) is 9.59 Å². The van der Waals surface area contributed by atoms with E-state index in [0.29, 0.717) is 34.1 Å². The van der Waals surface area contributed by atoms with Crippen LogP contribution < -0.4 is 5.56 Å². The molecule has 0 aliphatic heterocycles. The fourth-order valence-corrected chi connectivity index (χ4v) is 4.05. The summed E-state index contributed by atoms with van der Waals surface area (Å²) < 4.78 is 1.81. The minimum Gasteiger partial charge on any atom is -0.478 e. The van der Waals surface area contributed by atoms with Crippen LogP contribution in [0.1, 0.15) is 20.8 Å². The summed E-state index contributed by atoms with van der Waals surface area (Å²) in [7, 11) is 0. The number of hydrogen-bond acceptors (Lipinski definition) is 4. The van der Waals surface area contributed by atoms with Gasteiger partial charge in [0.2, 0.25) is 0 Å². The van der Waals surface area contributed by atoms with E-state index in [1.807, 2.05) is 47.2 Å². The molecule has 7 nitrogen and oxygen atoms in total. The van der Waals surface area contributed by atoms with E-state index in [2.05, 4.69) is 25.7 Å². The predicted molar refractivity (Wildman–Crippen MR) is 140 cm³/mol. The Morgan fingerprint density at radius 2 is 1.49 bits per heavy atom. The molecule has 0 spiro atoms. The summed E-state index contributed by atoms with van der Waals surface area (Å²) in [6.07, 6.45) is 3.08. The number of carboxylic acid groups (broad SMARTS) is 2. The van der Waals surface area contributed by atoms with Crippen LogP contribution in [0.3, 0.4) is 0 Å². The lowest BCUT2D eigenvalue weighted by Crippen LogP contribution is -2.38. The number of benzene rings is 2. The molecule has 3 rings (SSSR count). The minimum absolute atomic E-state index is 0.00998. The maximum absolute atomic E-state index is 13.1. The molecule has 35 heavy (non-hydrogen) atoms.